The fourth-order valence-corrected chi connectivity index (χ4v) is 7.61. The molecule has 0 saturated heterocycles. The number of unbranched alkanes of at least 4 members (excludes halogenated alkanes) is 31. The van der Waals surface area contributed by atoms with Crippen LogP contribution in [-0.4, -0.2) is 37.2 Å². The van der Waals surface area contributed by atoms with Crippen LogP contribution in [0.3, 0.4) is 0 Å². The summed E-state index contributed by atoms with van der Waals surface area (Å²) in [5.74, 6) is -0.897. The molecule has 6 nitrogen and oxygen atoms in total. The second-order valence-corrected chi connectivity index (χ2v) is 17.8. The zero-order valence-electron chi connectivity index (χ0n) is 41.1. The van der Waals surface area contributed by atoms with Crippen molar-refractivity contribution in [1.82, 2.24) is 0 Å². The summed E-state index contributed by atoms with van der Waals surface area (Å²) in [6.45, 7) is 6.50. The Kier molecular flexibility index (Phi) is 48.8. The maximum absolute atomic E-state index is 12.8. The first kappa shape index (κ1) is 59.4. The van der Waals surface area contributed by atoms with Crippen LogP contribution in [0.1, 0.15) is 271 Å². The lowest BCUT2D eigenvalue weighted by Gasteiger charge is -2.18. The molecule has 6 heteroatoms. The molecule has 0 N–H and O–H groups in total. The molecule has 0 fully saturated rings. The van der Waals surface area contributed by atoms with Gasteiger partial charge < -0.3 is 14.2 Å². The van der Waals surface area contributed by atoms with Gasteiger partial charge in [-0.25, -0.2) is 0 Å². The zero-order valence-corrected chi connectivity index (χ0v) is 41.1. The number of carbonyl (C=O) groups is 3. The normalized spacial score (nSPS) is 12.4. The van der Waals surface area contributed by atoms with Crippen molar-refractivity contribution < 1.29 is 28.6 Å². The summed E-state index contributed by atoms with van der Waals surface area (Å²) in [5.41, 5.74) is 0. The Morgan fingerprint density at radius 3 is 1.02 bits per heavy atom. The molecular weight excluding hydrogens is 769 g/mol. The molecule has 0 aromatic heterocycles. The molecule has 62 heavy (non-hydrogen) atoms. The van der Waals surface area contributed by atoms with Crippen LogP contribution in [0, 0.1) is 0 Å². The lowest BCUT2D eigenvalue weighted by molar-refractivity contribution is -0.167. The van der Waals surface area contributed by atoms with Crippen molar-refractivity contribution in [1.29, 1.82) is 0 Å². The Balaban J connectivity index is 4.34. The van der Waals surface area contributed by atoms with Gasteiger partial charge in [0.2, 0.25) is 0 Å². The van der Waals surface area contributed by atoms with E-state index in [4.69, 9.17) is 14.2 Å². The highest BCUT2D eigenvalue weighted by Crippen LogP contribution is 2.15. The molecule has 360 valence electrons. The van der Waals surface area contributed by atoms with Gasteiger partial charge in [-0.05, 0) is 64.2 Å². The SMILES string of the molecule is CC\C=C/C=C\C=C/CCCCCCCC(=O)OC(COC(=O)CCCCCCCCC/C=C\CCCCCCCCCC)COC(=O)CCCCCCCCCCCCCC. The summed E-state index contributed by atoms with van der Waals surface area (Å²) in [5, 5.41) is 0. The molecule has 0 aromatic rings. The lowest BCUT2D eigenvalue weighted by atomic mass is 10.0. The summed E-state index contributed by atoms with van der Waals surface area (Å²) < 4.78 is 16.8. The Bertz CT molecular complexity index is 1090. The quantitative estimate of drug-likeness (QED) is 0.0199. The van der Waals surface area contributed by atoms with Gasteiger partial charge in [-0.15, -0.1) is 0 Å². The smallest absolute Gasteiger partial charge is 0.306 e. The molecule has 0 aliphatic rings. The zero-order chi connectivity index (χ0) is 45.1. The molecule has 1 atom stereocenters. The Morgan fingerprint density at radius 2 is 0.645 bits per heavy atom. The first-order valence-electron chi connectivity index (χ1n) is 26.7. The van der Waals surface area contributed by atoms with Crippen molar-refractivity contribution in [3.8, 4) is 0 Å². The van der Waals surface area contributed by atoms with Crippen LogP contribution in [0.2, 0.25) is 0 Å². The molecule has 0 spiro atoms. The summed E-state index contributed by atoms with van der Waals surface area (Å²) in [6, 6.07) is 0. The summed E-state index contributed by atoms with van der Waals surface area (Å²) in [7, 11) is 0. The highest BCUT2D eigenvalue weighted by molar-refractivity contribution is 5.71. The largest absolute Gasteiger partial charge is 0.462 e. The van der Waals surface area contributed by atoms with Gasteiger partial charge in [-0.2, -0.15) is 0 Å². The van der Waals surface area contributed by atoms with Crippen LogP contribution < -0.4 is 0 Å². The molecule has 0 amide bonds. The Morgan fingerprint density at radius 1 is 0.339 bits per heavy atom. The van der Waals surface area contributed by atoms with Crippen LogP contribution in [0.15, 0.2) is 48.6 Å². The standard InChI is InChI=1S/C56H100O6/c1-4-7-10-13-16-19-22-25-26-27-28-29-30-32-34-37-40-43-46-49-55(58)61-52-53(51-60-54(57)48-45-42-39-36-33-24-21-18-15-12-9-6-3)62-56(59)50-47-44-41-38-35-31-23-20-17-14-11-8-5-2/h8,11,14,17,20,23,27-28,53H,4-7,9-10,12-13,15-16,18-19,21-22,24-26,29-52H2,1-3H3/b11-8-,17-14-,23-20-,28-27-. The number of rotatable bonds is 48. The van der Waals surface area contributed by atoms with E-state index >= 15 is 0 Å². The van der Waals surface area contributed by atoms with Crippen molar-refractivity contribution >= 4 is 17.9 Å². The van der Waals surface area contributed by atoms with Crippen LogP contribution >= 0.6 is 0 Å². The second-order valence-electron chi connectivity index (χ2n) is 17.8. The number of hydrogen-bond donors (Lipinski definition) is 0. The third kappa shape index (κ3) is 48.4. The minimum Gasteiger partial charge on any atom is -0.462 e. The van der Waals surface area contributed by atoms with Crippen molar-refractivity contribution in [2.24, 2.45) is 0 Å². The molecule has 0 bridgehead atoms. The number of esters is 3. The van der Waals surface area contributed by atoms with Crippen molar-refractivity contribution in [2.45, 2.75) is 277 Å². The summed E-state index contributed by atoms with van der Waals surface area (Å²) in [4.78, 5) is 38.0. The first-order chi connectivity index (χ1) is 30.5. The highest BCUT2D eigenvalue weighted by Gasteiger charge is 2.19. The van der Waals surface area contributed by atoms with E-state index in [9.17, 15) is 14.4 Å². The van der Waals surface area contributed by atoms with E-state index in [2.05, 4.69) is 69.4 Å². The minimum atomic E-state index is -0.782. The third-order valence-electron chi connectivity index (χ3n) is 11.6. The van der Waals surface area contributed by atoms with Gasteiger partial charge in [-0.1, -0.05) is 236 Å². The van der Waals surface area contributed by atoms with Gasteiger partial charge in [-0.3, -0.25) is 14.4 Å². The van der Waals surface area contributed by atoms with E-state index in [1.807, 2.05) is 0 Å². The van der Waals surface area contributed by atoms with Crippen LogP contribution in [-0.2, 0) is 28.6 Å². The van der Waals surface area contributed by atoms with E-state index in [-0.39, 0.29) is 31.1 Å². The van der Waals surface area contributed by atoms with Gasteiger partial charge in [0.25, 0.3) is 0 Å². The summed E-state index contributed by atoms with van der Waals surface area (Å²) >= 11 is 0. The van der Waals surface area contributed by atoms with Gasteiger partial charge in [0.1, 0.15) is 13.2 Å². The average Bonchev–Trinajstić information content (AvgIpc) is 3.27. The van der Waals surface area contributed by atoms with Crippen molar-refractivity contribution in [2.75, 3.05) is 13.2 Å². The van der Waals surface area contributed by atoms with Gasteiger partial charge in [0.15, 0.2) is 6.10 Å². The highest BCUT2D eigenvalue weighted by atomic mass is 16.6. The van der Waals surface area contributed by atoms with Crippen molar-refractivity contribution in [3.63, 3.8) is 0 Å². The molecule has 0 radical (unpaired) electrons. The monoisotopic (exact) mass is 869 g/mol. The third-order valence-corrected chi connectivity index (χ3v) is 11.6. The molecule has 0 rings (SSSR count). The van der Waals surface area contributed by atoms with Crippen LogP contribution in [0.5, 0.6) is 0 Å². The van der Waals surface area contributed by atoms with Crippen LogP contribution in [0.4, 0.5) is 0 Å². The Hall–Kier alpha value is -2.63. The number of ether oxygens (including phenoxy) is 3. The fraction of sp³-hybridized carbons (Fsp3) is 0.804. The number of hydrogen-bond acceptors (Lipinski definition) is 6. The van der Waals surface area contributed by atoms with E-state index in [1.54, 1.807) is 0 Å². The molecule has 1 unspecified atom stereocenters. The minimum absolute atomic E-state index is 0.0806. The van der Waals surface area contributed by atoms with E-state index in [1.165, 1.54) is 148 Å². The Labute approximate surface area is 384 Å². The maximum atomic E-state index is 12.8. The van der Waals surface area contributed by atoms with E-state index < -0.39 is 6.10 Å². The summed E-state index contributed by atoms with van der Waals surface area (Å²) in [6.07, 6.45) is 61.0. The van der Waals surface area contributed by atoms with Gasteiger partial charge in [0, 0.05) is 19.3 Å². The maximum Gasteiger partial charge on any atom is 0.306 e. The molecule has 0 aliphatic heterocycles. The fourth-order valence-electron chi connectivity index (χ4n) is 7.61. The number of carbonyl (C=O) groups excluding carboxylic acids is 3. The number of allylic oxidation sites excluding steroid dienone is 8. The molecule has 0 heterocycles. The predicted octanol–water partition coefficient (Wildman–Crippen LogP) is 17.5. The molecule has 0 saturated carbocycles. The molecule has 0 aliphatic carbocycles. The second kappa shape index (κ2) is 51.0. The first-order valence-corrected chi connectivity index (χ1v) is 26.7. The van der Waals surface area contributed by atoms with E-state index in [0.717, 1.165) is 83.5 Å². The van der Waals surface area contributed by atoms with Gasteiger partial charge >= 0.3 is 17.9 Å². The van der Waals surface area contributed by atoms with Gasteiger partial charge in [0.05, 0.1) is 0 Å². The lowest BCUT2D eigenvalue weighted by Crippen LogP contribution is -2.30. The van der Waals surface area contributed by atoms with Crippen molar-refractivity contribution in [3.05, 3.63) is 48.6 Å². The predicted molar refractivity (Wildman–Crippen MR) is 265 cm³/mol. The molecule has 0 aromatic carbocycles. The topological polar surface area (TPSA) is 78.9 Å². The van der Waals surface area contributed by atoms with E-state index in [0.29, 0.717) is 19.3 Å². The molecular formula is C56H100O6. The average molecular weight is 869 g/mol. The van der Waals surface area contributed by atoms with Crippen LogP contribution in [0.25, 0.3) is 0 Å².